The van der Waals surface area contributed by atoms with Crippen LogP contribution in [0.15, 0.2) is 6.07 Å². The monoisotopic (exact) mass is 224 g/mol. The second-order valence-electron chi connectivity index (χ2n) is 4.49. The van der Waals surface area contributed by atoms with Crippen molar-refractivity contribution in [2.45, 2.75) is 38.6 Å². The van der Waals surface area contributed by atoms with E-state index < -0.39 is 0 Å². The first kappa shape index (κ1) is 10.5. The van der Waals surface area contributed by atoms with E-state index in [-0.39, 0.29) is 11.4 Å². The van der Waals surface area contributed by atoms with Crippen molar-refractivity contribution in [1.82, 2.24) is 5.32 Å². The van der Waals surface area contributed by atoms with Gasteiger partial charge in [-0.15, -0.1) is 11.3 Å². The molecule has 1 saturated carbocycles. The van der Waals surface area contributed by atoms with Gasteiger partial charge in [-0.3, -0.25) is 4.79 Å². The molecule has 1 fully saturated rings. The molecule has 1 aliphatic rings. The van der Waals surface area contributed by atoms with E-state index in [2.05, 4.69) is 12.2 Å². The molecule has 0 spiro atoms. The number of hydrogen-bond donors (Lipinski definition) is 2. The number of thiophene rings is 1. The molecular formula is C11H16N2OS. The van der Waals surface area contributed by atoms with Gasteiger partial charge >= 0.3 is 0 Å². The fourth-order valence-electron chi connectivity index (χ4n) is 1.78. The molecule has 82 valence electrons. The molecule has 0 atom stereocenters. The Kier molecular flexibility index (Phi) is 2.46. The number of rotatable bonds is 2. The van der Waals surface area contributed by atoms with E-state index in [0.717, 1.165) is 22.6 Å². The zero-order valence-electron chi connectivity index (χ0n) is 9.09. The first-order chi connectivity index (χ1) is 7.00. The van der Waals surface area contributed by atoms with E-state index in [9.17, 15) is 4.79 Å². The van der Waals surface area contributed by atoms with Gasteiger partial charge in [0, 0.05) is 16.1 Å². The third kappa shape index (κ3) is 2.00. The second kappa shape index (κ2) is 3.52. The van der Waals surface area contributed by atoms with Crippen LogP contribution in [0.3, 0.4) is 0 Å². The molecule has 0 bridgehead atoms. The normalized spacial score (nSPS) is 18.3. The smallest absolute Gasteiger partial charge is 0.261 e. The molecule has 2 rings (SSSR count). The molecule has 3 nitrogen and oxygen atoms in total. The van der Waals surface area contributed by atoms with Gasteiger partial charge in [0.05, 0.1) is 4.88 Å². The highest BCUT2D eigenvalue weighted by Gasteiger charge is 2.33. The summed E-state index contributed by atoms with van der Waals surface area (Å²) in [6.07, 6.45) is 3.37. The van der Waals surface area contributed by atoms with E-state index in [4.69, 9.17) is 5.73 Å². The van der Waals surface area contributed by atoms with Gasteiger partial charge in [-0.25, -0.2) is 0 Å². The van der Waals surface area contributed by atoms with Crippen molar-refractivity contribution >= 4 is 22.9 Å². The first-order valence-electron chi connectivity index (χ1n) is 5.19. The van der Waals surface area contributed by atoms with E-state index in [1.807, 2.05) is 6.92 Å². The SMILES string of the molecule is Cc1sc(C(=O)NC2(C)CCC2)cc1N. The zero-order chi connectivity index (χ0) is 11.1. The molecule has 0 saturated heterocycles. The standard InChI is InChI=1S/C11H16N2OS/c1-7-8(12)6-9(15-7)10(14)13-11(2)4-3-5-11/h6H,3-5,12H2,1-2H3,(H,13,14). The topological polar surface area (TPSA) is 55.1 Å². The lowest BCUT2D eigenvalue weighted by Crippen LogP contribution is -2.50. The van der Waals surface area contributed by atoms with Gasteiger partial charge in [0.2, 0.25) is 0 Å². The Labute approximate surface area is 93.7 Å². The molecule has 1 amide bonds. The minimum absolute atomic E-state index is 0.0157. The van der Waals surface area contributed by atoms with Gasteiger partial charge in [-0.05, 0) is 39.2 Å². The molecule has 0 unspecified atom stereocenters. The number of hydrogen-bond acceptors (Lipinski definition) is 3. The van der Waals surface area contributed by atoms with Crippen LogP contribution in [0.25, 0.3) is 0 Å². The van der Waals surface area contributed by atoms with Crippen LogP contribution < -0.4 is 11.1 Å². The van der Waals surface area contributed by atoms with Gasteiger partial charge in [0.1, 0.15) is 0 Å². The molecule has 1 aliphatic carbocycles. The number of carbonyl (C=O) groups is 1. The maximum absolute atomic E-state index is 11.9. The molecule has 1 aromatic heterocycles. The van der Waals surface area contributed by atoms with Gasteiger partial charge in [-0.1, -0.05) is 0 Å². The van der Waals surface area contributed by atoms with Crippen molar-refractivity contribution < 1.29 is 4.79 Å². The summed E-state index contributed by atoms with van der Waals surface area (Å²) in [5.41, 5.74) is 6.45. The predicted octanol–water partition coefficient (Wildman–Crippen LogP) is 2.31. The summed E-state index contributed by atoms with van der Waals surface area (Å²) >= 11 is 1.46. The average molecular weight is 224 g/mol. The lowest BCUT2D eigenvalue weighted by Gasteiger charge is -2.38. The number of nitrogens with two attached hydrogens (primary N) is 1. The van der Waals surface area contributed by atoms with Crippen LogP contribution in [0, 0.1) is 6.92 Å². The molecule has 3 N–H and O–H groups in total. The number of nitrogen functional groups attached to an aromatic ring is 1. The highest BCUT2D eigenvalue weighted by Crippen LogP contribution is 2.32. The summed E-state index contributed by atoms with van der Waals surface area (Å²) in [5.74, 6) is 0.0157. The lowest BCUT2D eigenvalue weighted by atomic mass is 9.78. The summed E-state index contributed by atoms with van der Waals surface area (Å²) in [6.45, 7) is 4.03. The first-order valence-corrected chi connectivity index (χ1v) is 6.00. The van der Waals surface area contributed by atoms with Crippen LogP contribution in [0.5, 0.6) is 0 Å². The van der Waals surface area contributed by atoms with Gasteiger partial charge < -0.3 is 11.1 Å². The molecule has 0 aliphatic heterocycles. The summed E-state index contributed by atoms with van der Waals surface area (Å²) in [5, 5.41) is 3.07. The van der Waals surface area contributed by atoms with Crippen LogP contribution in [0.4, 0.5) is 5.69 Å². The zero-order valence-corrected chi connectivity index (χ0v) is 9.91. The molecular weight excluding hydrogens is 208 g/mol. The Hall–Kier alpha value is -1.03. The minimum Gasteiger partial charge on any atom is -0.398 e. The predicted molar refractivity (Wildman–Crippen MR) is 63.2 cm³/mol. The summed E-state index contributed by atoms with van der Waals surface area (Å²) in [6, 6.07) is 1.76. The number of amides is 1. The molecule has 15 heavy (non-hydrogen) atoms. The quantitative estimate of drug-likeness (QED) is 0.810. The van der Waals surface area contributed by atoms with Crippen molar-refractivity contribution in [2.24, 2.45) is 0 Å². The maximum atomic E-state index is 11.9. The number of aryl methyl sites for hydroxylation is 1. The Morgan fingerprint density at radius 2 is 2.27 bits per heavy atom. The highest BCUT2D eigenvalue weighted by atomic mass is 32.1. The largest absolute Gasteiger partial charge is 0.398 e. The number of anilines is 1. The molecule has 4 heteroatoms. The fourth-order valence-corrected chi connectivity index (χ4v) is 2.61. The minimum atomic E-state index is 0.0157. The summed E-state index contributed by atoms with van der Waals surface area (Å²) in [7, 11) is 0. The molecule has 0 aromatic carbocycles. The van der Waals surface area contributed by atoms with E-state index in [1.54, 1.807) is 6.07 Å². The third-order valence-corrected chi connectivity index (χ3v) is 4.12. The average Bonchev–Trinajstić information content (AvgIpc) is 2.44. The lowest BCUT2D eigenvalue weighted by molar-refractivity contribution is 0.0855. The highest BCUT2D eigenvalue weighted by molar-refractivity contribution is 7.14. The molecule has 1 heterocycles. The van der Waals surface area contributed by atoms with Crippen molar-refractivity contribution in [2.75, 3.05) is 5.73 Å². The van der Waals surface area contributed by atoms with Crippen LogP contribution in [-0.2, 0) is 0 Å². The Morgan fingerprint density at radius 1 is 1.60 bits per heavy atom. The van der Waals surface area contributed by atoms with Crippen molar-refractivity contribution in [3.05, 3.63) is 15.8 Å². The second-order valence-corrected chi connectivity index (χ2v) is 5.75. The summed E-state index contributed by atoms with van der Waals surface area (Å²) < 4.78 is 0. The maximum Gasteiger partial charge on any atom is 0.261 e. The van der Waals surface area contributed by atoms with Crippen molar-refractivity contribution in [3.63, 3.8) is 0 Å². The van der Waals surface area contributed by atoms with Gasteiger partial charge in [0.15, 0.2) is 0 Å². The van der Waals surface area contributed by atoms with Gasteiger partial charge in [-0.2, -0.15) is 0 Å². The Morgan fingerprint density at radius 3 is 2.67 bits per heavy atom. The van der Waals surface area contributed by atoms with E-state index in [1.165, 1.54) is 17.8 Å². The van der Waals surface area contributed by atoms with Gasteiger partial charge in [0.25, 0.3) is 5.91 Å². The third-order valence-electron chi connectivity index (χ3n) is 3.05. The van der Waals surface area contributed by atoms with E-state index in [0.29, 0.717) is 5.69 Å². The van der Waals surface area contributed by atoms with Crippen LogP contribution in [0.1, 0.15) is 40.7 Å². The summed E-state index contributed by atoms with van der Waals surface area (Å²) in [4.78, 5) is 13.6. The molecule has 0 radical (unpaired) electrons. The van der Waals surface area contributed by atoms with Crippen LogP contribution >= 0.6 is 11.3 Å². The molecule has 1 aromatic rings. The van der Waals surface area contributed by atoms with Crippen LogP contribution in [0.2, 0.25) is 0 Å². The Balaban J connectivity index is 2.07. The Bertz CT molecular complexity index is 374. The fraction of sp³-hybridized carbons (Fsp3) is 0.545. The number of carbonyl (C=O) groups excluding carboxylic acids is 1. The van der Waals surface area contributed by atoms with Crippen molar-refractivity contribution in [3.8, 4) is 0 Å². The van der Waals surface area contributed by atoms with Crippen molar-refractivity contribution in [1.29, 1.82) is 0 Å². The van der Waals surface area contributed by atoms with Crippen LogP contribution in [-0.4, -0.2) is 11.4 Å². The van der Waals surface area contributed by atoms with E-state index >= 15 is 0 Å². The number of nitrogens with one attached hydrogen (secondary N) is 1.